The van der Waals surface area contributed by atoms with E-state index < -0.39 is 0 Å². The zero-order valence-electron chi connectivity index (χ0n) is 10.4. The molecule has 15 heavy (non-hydrogen) atoms. The summed E-state index contributed by atoms with van der Waals surface area (Å²) < 4.78 is 0. The summed E-state index contributed by atoms with van der Waals surface area (Å²) in [6.45, 7) is 8.99. The quantitative estimate of drug-likeness (QED) is 0.729. The Balaban J connectivity index is 3.19. The summed E-state index contributed by atoms with van der Waals surface area (Å²) in [6, 6.07) is 6.32. The Morgan fingerprint density at radius 1 is 1.07 bits per heavy atom. The van der Waals surface area contributed by atoms with Gasteiger partial charge in [0.2, 0.25) is 0 Å². The molecule has 0 saturated heterocycles. The molecule has 0 aliphatic rings. The summed E-state index contributed by atoms with van der Waals surface area (Å²) in [7, 11) is 0. The van der Waals surface area contributed by atoms with Gasteiger partial charge < -0.3 is 5.73 Å². The van der Waals surface area contributed by atoms with Gasteiger partial charge in [-0.05, 0) is 41.9 Å². The highest BCUT2D eigenvalue weighted by Crippen LogP contribution is 2.33. The van der Waals surface area contributed by atoms with Crippen LogP contribution < -0.4 is 5.73 Å². The van der Waals surface area contributed by atoms with Gasteiger partial charge in [-0.25, -0.2) is 0 Å². The van der Waals surface area contributed by atoms with Crippen LogP contribution in [0.15, 0.2) is 18.2 Å². The fraction of sp³-hybridized carbons (Fsp3) is 0.571. The third-order valence-electron chi connectivity index (χ3n) is 3.42. The van der Waals surface area contributed by atoms with Gasteiger partial charge in [-0.1, -0.05) is 39.8 Å². The summed E-state index contributed by atoms with van der Waals surface area (Å²) in [6.07, 6.45) is 2.32. The van der Waals surface area contributed by atoms with E-state index in [9.17, 15) is 0 Å². The van der Waals surface area contributed by atoms with E-state index in [4.69, 9.17) is 5.73 Å². The summed E-state index contributed by atoms with van der Waals surface area (Å²) in [5, 5.41) is 0. The Morgan fingerprint density at radius 2 is 1.67 bits per heavy atom. The van der Waals surface area contributed by atoms with Crippen LogP contribution in [0, 0.1) is 0 Å². The van der Waals surface area contributed by atoms with Crippen molar-refractivity contribution in [2.45, 2.75) is 52.4 Å². The molecule has 0 fully saturated rings. The lowest BCUT2D eigenvalue weighted by atomic mass is 9.85. The van der Waals surface area contributed by atoms with Crippen LogP contribution in [0.4, 0.5) is 5.69 Å². The third kappa shape index (κ3) is 2.53. The number of benzene rings is 1. The Morgan fingerprint density at radius 3 is 2.20 bits per heavy atom. The van der Waals surface area contributed by atoms with Crippen molar-refractivity contribution in [1.82, 2.24) is 0 Å². The standard InChI is InChI=1S/C14H23N/c1-5-10(3)12-8-7-9-13(15)14(12)11(4)6-2/h7-11H,5-6,15H2,1-4H3. The van der Waals surface area contributed by atoms with Gasteiger partial charge in [0, 0.05) is 5.69 Å². The largest absolute Gasteiger partial charge is 0.398 e. The first-order valence-electron chi connectivity index (χ1n) is 6.00. The minimum Gasteiger partial charge on any atom is -0.398 e. The molecule has 2 atom stereocenters. The number of rotatable bonds is 4. The molecule has 2 N–H and O–H groups in total. The molecular formula is C14H23N. The second-order valence-corrected chi connectivity index (χ2v) is 4.47. The Kier molecular flexibility index (Phi) is 4.19. The maximum absolute atomic E-state index is 6.09. The van der Waals surface area contributed by atoms with Crippen LogP contribution in [0.1, 0.15) is 63.5 Å². The van der Waals surface area contributed by atoms with Gasteiger partial charge in [0.15, 0.2) is 0 Å². The molecule has 1 rings (SSSR count). The monoisotopic (exact) mass is 205 g/mol. The number of hydrogen-bond donors (Lipinski definition) is 1. The van der Waals surface area contributed by atoms with Gasteiger partial charge in [-0.15, -0.1) is 0 Å². The third-order valence-corrected chi connectivity index (χ3v) is 3.42. The molecular weight excluding hydrogens is 182 g/mol. The molecule has 0 amide bonds. The molecule has 0 aromatic heterocycles. The molecule has 0 aliphatic carbocycles. The minimum absolute atomic E-state index is 0.565. The van der Waals surface area contributed by atoms with Crippen LogP contribution in [-0.2, 0) is 0 Å². The van der Waals surface area contributed by atoms with E-state index in [0.29, 0.717) is 11.8 Å². The smallest absolute Gasteiger partial charge is 0.0352 e. The molecule has 1 nitrogen and oxygen atoms in total. The van der Waals surface area contributed by atoms with Crippen LogP contribution in [0.3, 0.4) is 0 Å². The molecule has 0 saturated carbocycles. The fourth-order valence-electron chi connectivity index (χ4n) is 2.02. The van der Waals surface area contributed by atoms with Gasteiger partial charge in [-0.2, -0.15) is 0 Å². The van der Waals surface area contributed by atoms with E-state index in [1.165, 1.54) is 17.5 Å². The number of anilines is 1. The molecule has 0 radical (unpaired) electrons. The minimum atomic E-state index is 0.565. The van der Waals surface area contributed by atoms with Crippen molar-refractivity contribution in [3.63, 3.8) is 0 Å². The second kappa shape index (κ2) is 5.20. The summed E-state index contributed by atoms with van der Waals surface area (Å²) >= 11 is 0. The lowest BCUT2D eigenvalue weighted by Gasteiger charge is -2.21. The van der Waals surface area contributed by atoms with Gasteiger partial charge in [0.05, 0.1) is 0 Å². The average molecular weight is 205 g/mol. The van der Waals surface area contributed by atoms with Crippen LogP contribution >= 0.6 is 0 Å². The highest BCUT2D eigenvalue weighted by atomic mass is 14.6. The molecule has 0 spiro atoms. The predicted octanol–water partition coefficient (Wildman–Crippen LogP) is 4.30. The molecule has 1 aromatic carbocycles. The van der Waals surface area contributed by atoms with Crippen molar-refractivity contribution in [1.29, 1.82) is 0 Å². The van der Waals surface area contributed by atoms with Crippen molar-refractivity contribution < 1.29 is 0 Å². The van der Waals surface area contributed by atoms with Crippen LogP contribution in [-0.4, -0.2) is 0 Å². The first kappa shape index (κ1) is 12.1. The molecule has 1 heteroatoms. The van der Waals surface area contributed by atoms with Crippen molar-refractivity contribution in [3.05, 3.63) is 29.3 Å². The molecule has 84 valence electrons. The lowest BCUT2D eigenvalue weighted by molar-refractivity contribution is 0.678. The zero-order valence-corrected chi connectivity index (χ0v) is 10.4. The van der Waals surface area contributed by atoms with Crippen molar-refractivity contribution in [2.24, 2.45) is 0 Å². The predicted molar refractivity (Wildman–Crippen MR) is 68.3 cm³/mol. The Labute approximate surface area is 93.7 Å². The van der Waals surface area contributed by atoms with E-state index in [1.807, 2.05) is 6.07 Å². The number of nitrogen functional groups attached to an aromatic ring is 1. The van der Waals surface area contributed by atoms with E-state index in [1.54, 1.807) is 0 Å². The summed E-state index contributed by atoms with van der Waals surface area (Å²) in [5.41, 5.74) is 9.86. The van der Waals surface area contributed by atoms with Gasteiger partial charge in [0.1, 0.15) is 0 Å². The zero-order chi connectivity index (χ0) is 11.4. The Bertz CT molecular complexity index is 317. The molecule has 0 bridgehead atoms. The summed E-state index contributed by atoms with van der Waals surface area (Å²) in [5.74, 6) is 1.17. The number of nitrogens with two attached hydrogens (primary N) is 1. The van der Waals surface area contributed by atoms with E-state index in [2.05, 4.69) is 39.8 Å². The molecule has 0 heterocycles. The van der Waals surface area contributed by atoms with Crippen LogP contribution in [0.5, 0.6) is 0 Å². The van der Waals surface area contributed by atoms with Crippen molar-refractivity contribution in [3.8, 4) is 0 Å². The maximum Gasteiger partial charge on any atom is 0.0352 e. The molecule has 1 aromatic rings. The van der Waals surface area contributed by atoms with Gasteiger partial charge in [-0.3, -0.25) is 0 Å². The van der Waals surface area contributed by atoms with E-state index >= 15 is 0 Å². The van der Waals surface area contributed by atoms with Gasteiger partial charge >= 0.3 is 0 Å². The first-order valence-corrected chi connectivity index (χ1v) is 6.00. The highest BCUT2D eigenvalue weighted by Gasteiger charge is 2.15. The second-order valence-electron chi connectivity index (χ2n) is 4.47. The summed E-state index contributed by atoms with van der Waals surface area (Å²) in [4.78, 5) is 0. The molecule has 2 unspecified atom stereocenters. The van der Waals surface area contributed by atoms with Crippen LogP contribution in [0.2, 0.25) is 0 Å². The maximum atomic E-state index is 6.09. The van der Waals surface area contributed by atoms with Crippen LogP contribution in [0.25, 0.3) is 0 Å². The van der Waals surface area contributed by atoms with Crippen molar-refractivity contribution in [2.75, 3.05) is 5.73 Å². The number of hydrogen-bond acceptors (Lipinski definition) is 1. The molecule has 0 aliphatic heterocycles. The van der Waals surface area contributed by atoms with Crippen molar-refractivity contribution >= 4 is 5.69 Å². The van der Waals surface area contributed by atoms with E-state index in [-0.39, 0.29) is 0 Å². The highest BCUT2D eigenvalue weighted by molar-refractivity contribution is 5.53. The normalized spacial score (nSPS) is 14.9. The Hall–Kier alpha value is -0.980. The topological polar surface area (TPSA) is 26.0 Å². The lowest BCUT2D eigenvalue weighted by Crippen LogP contribution is -2.05. The average Bonchev–Trinajstić information content (AvgIpc) is 2.26. The van der Waals surface area contributed by atoms with E-state index in [0.717, 1.165) is 12.1 Å². The fourth-order valence-corrected chi connectivity index (χ4v) is 2.02. The van der Waals surface area contributed by atoms with Gasteiger partial charge in [0.25, 0.3) is 0 Å². The SMILES string of the molecule is CCC(C)c1cccc(N)c1C(C)CC. The first-order chi connectivity index (χ1) is 7.11.